The number of ether oxygens (including phenoxy) is 1. The van der Waals surface area contributed by atoms with Crippen LogP contribution in [0.2, 0.25) is 0 Å². The molecule has 6 heteroatoms. The monoisotopic (exact) mass is 385 g/mol. The van der Waals surface area contributed by atoms with Gasteiger partial charge < -0.3 is 9.64 Å². The molecular formula is C17H21BrFNO3. The highest BCUT2D eigenvalue weighted by molar-refractivity contribution is 9.10. The highest BCUT2D eigenvalue weighted by atomic mass is 79.9. The van der Waals surface area contributed by atoms with Crippen molar-refractivity contribution in [2.75, 3.05) is 6.54 Å². The predicted octanol–water partition coefficient (Wildman–Crippen LogP) is 3.92. The molecule has 2 rings (SSSR count). The van der Waals surface area contributed by atoms with Crippen LogP contribution in [0.25, 0.3) is 0 Å². The molecule has 23 heavy (non-hydrogen) atoms. The molecule has 1 amide bonds. The largest absolute Gasteiger partial charge is 0.449 e. The normalized spacial score (nSPS) is 19.3. The van der Waals surface area contributed by atoms with Crippen LogP contribution < -0.4 is 0 Å². The first-order valence-corrected chi connectivity index (χ1v) is 8.69. The Balaban J connectivity index is 2.05. The summed E-state index contributed by atoms with van der Waals surface area (Å²) in [6.07, 6.45) is 3.01. The maximum atomic E-state index is 13.7. The molecule has 4 nitrogen and oxygen atoms in total. The van der Waals surface area contributed by atoms with Gasteiger partial charge >= 0.3 is 5.97 Å². The van der Waals surface area contributed by atoms with E-state index < -0.39 is 17.9 Å². The van der Waals surface area contributed by atoms with E-state index in [0.29, 0.717) is 11.0 Å². The molecule has 0 spiro atoms. The topological polar surface area (TPSA) is 46.6 Å². The third-order valence-electron chi connectivity index (χ3n) is 4.16. The van der Waals surface area contributed by atoms with Gasteiger partial charge in [0.2, 0.25) is 0 Å². The summed E-state index contributed by atoms with van der Waals surface area (Å²) >= 11 is 3.19. The number of hydrogen-bond donors (Lipinski definition) is 0. The maximum absolute atomic E-state index is 13.7. The summed E-state index contributed by atoms with van der Waals surface area (Å²) in [4.78, 5) is 26.4. The average Bonchev–Trinajstić information content (AvgIpc) is 2.56. The molecule has 0 bridgehead atoms. The van der Waals surface area contributed by atoms with Gasteiger partial charge in [0.25, 0.3) is 5.91 Å². The number of likely N-dealkylation sites (tertiary alicyclic amines) is 1. The second-order valence-electron chi connectivity index (χ2n) is 5.76. The second-order valence-corrected chi connectivity index (χ2v) is 6.68. The minimum atomic E-state index is -0.923. The Kier molecular flexibility index (Phi) is 6.16. The van der Waals surface area contributed by atoms with Crippen molar-refractivity contribution in [2.45, 2.75) is 51.7 Å². The van der Waals surface area contributed by atoms with E-state index in [1.54, 1.807) is 4.90 Å². The molecule has 126 valence electrons. The fraction of sp³-hybridized carbons (Fsp3) is 0.529. The predicted molar refractivity (Wildman–Crippen MR) is 88.6 cm³/mol. The molecular weight excluding hydrogens is 365 g/mol. The van der Waals surface area contributed by atoms with Gasteiger partial charge in [0.05, 0.1) is 5.56 Å². The third kappa shape index (κ3) is 4.31. The lowest BCUT2D eigenvalue weighted by Crippen LogP contribution is -2.48. The number of amides is 1. The van der Waals surface area contributed by atoms with Gasteiger partial charge in [-0.1, -0.05) is 22.9 Å². The van der Waals surface area contributed by atoms with Crippen molar-refractivity contribution in [3.05, 3.63) is 34.1 Å². The molecule has 2 unspecified atom stereocenters. The highest BCUT2D eigenvalue weighted by Gasteiger charge is 2.31. The fourth-order valence-electron chi connectivity index (χ4n) is 2.88. The van der Waals surface area contributed by atoms with Crippen LogP contribution >= 0.6 is 15.9 Å². The molecule has 0 aromatic heterocycles. The Morgan fingerprint density at radius 1 is 1.43 bits per heavy atom. The van der Waals surface area contributed by atoms with Gasteiger partial charge in [-0.25, -0.2) is 9.18 Å². The maximum Gasteiger partial charge on any atom is 0.341 e. The zero-order chi connectivity index (χ0) is 17.0. The van der Waals surface area contributed by atoms with Gasteiger partial charge in [0, 0.05) is 17.1 Å². The summed E-state index contributed by atoms with van der Waals surface area (Å²) in [5.41, 5.74) is -0.176. The van der Waals surface area contributed by atoms with E-state index >= 15 is 0 Å². The molecule has 2 atom stereocenters. The first-order chi connectivity index (χ1) is 10.9. The van der Waals surface area contributed by atoms with Crippen molar-refractivity contribution >= 4 is 27.8 Å². The Hall–Kier alpha value is -1.43. The summed E-state index contributed by atoms with van der Waals surface area (Å²) in [5.74, 6) is -1.70. The van der Waals surface area contributed by atoms with Gasteiger partial charge in [-0.05, 0) is 50.8 Å². The summed E-state index contributed by atoms with van der Waals surface area (Å²) in [6, 6.07) is 4.23. The van der Waals surface area contributed by atoms with Gasteiger partial charge in [-0.3, -0.25) is 4.79 Å². The minimum Gasteiger partial charge on any atom is -0.449 e. The van der Waals surface area contributed by atoms with E-state index in [0.717, 1.165) is 25.7 Å². The van der Waals surface area contributed by atoms with Crippen molar-refractivity contribution in [1.82, 2.24) is 4.90 Å². The average molecular weight is 386 g/mol. The van der Waals surface area contributed by atoms with Gasteiger partial charge in [-0.15, -0.1) is 0 Å². The van der Waals surface area contributed by atoms with Gasteiger partial charge in [0.15, 0.2) is 6.10 Å². The van der Waals surface area contributed by atoms with Crippen LogP contribution in [0.5, 0.6) is 0 Å². The molecule has 0 aliphatic carbocycles. The Morgan fingerprint density at radius 3 is 2.87 bits per heavy atom. The lowest BCUT2D eigenvalue weighted by molar-refractivity contribution is -0.143. The zero-order valence-corrected chi connectivity index (χ0v) is 14.9. The Bertz CT molecular complexity index is 593. The number of nitrogens with zero attached hydrogens (tertiary/aromatic N) is 1. The number of carbonyl (C=O) groups is 2. The van der Waals surface area contributed by atoms with E-state index in [2.05, 4.69) is 15.9 Å². The van der Waals surface area contributed by atoms with Crippen LogP contribution in [0.15, 0.2) is 22.7 Å². The molecule has 1 aliphatic rings. The van der Waals surface area contributed by atoms with Crippen LogP contribution in [-0.4, -0.2) is 35.5 Å². The molecule has 1 saturated heterocycles. The first kappa shape index (κ1) is 17.9. The van der Waals surface area contributed by atoms with E-state index in [9.17, 15) is 14.0 Å². The number of esters is 1. The van der Waals surface area contributed by atoms with Gasteiger partial charge in [0.1, 0.15) is 5.82 Å². The summed E-state index contributed by atoms with van der Waals surface area (Å²) < 4.78 is 19.5. The summed E-state index contributed by atoms with van der Waals surface area (Å²) in [7, 11) is 0. The van der Waals surface area contributed by atoms with E-state index in [4.69, 9.17) is 4.74 Å². The van der Waals surface area contributed by atoms with Crippen LogP contribution in [-0.2, 0) is 9.53 Å². The Labute approximate surface area is 144 Å². The lowest BCUT2D eigenvalue weighted by Gasteiger charge is -2.36. The molecule has 1 aliphatic heterocycles. The molecule has 0 N–H and O–H groups in total. The molecule has 1 aromatic rings. The van der Waals surface area contributed by atoms with Crippen molar-refractivity contribution in [3.63, 3.8) is 0 Å². The van der Waals surface area contributed by atoms with Crippen LogP contribution in [0.4, 0.5) is 4.39 Å². The van der Waals surface area contributed by atoms with Crippen LogP contribution in [0, 0.1) is 5.82 Å². The molecule has 0 radical (unpaired) electrons. The minimum absolute atomic E-state index is 0.176. The smallest absolute Gasteiger partial charge is 0.341 e. The molecule has 0 saturated carbocycles. The fourth-order valence-corrected chi connectivity index (χ4v) is 3.24. The second kappa shape index (κ2) is 7.90. The zero-order valence-electron chi connectivity index (χ0n) is 13.4. The number of carbonyl (C=O) groups excluding carboxylic acids is 2. The van der Waals surface area contributed by atoms with Crippen molar-refractivity contribution < 1.29 is 18.7 Å². The summed E-state index contributed by atoms with van der Waals surface area (Å²) in [5, 5.41) is 0. The Morgan fingerprint density at radius 2 is 2.17 bits per heavy atom. The first-order valence-electron chi connectivity index (χ1n) is 7.90. The number of halogens is 2. The van der Waals surface area contributed by atoms with Crippen LogP contribution in [0.1, 0.15) is 49.9 Å². The standard InChI is InChI=1S/C17H21BrFNO3/c1-3-13-6-4-5-9-20(13)16(21)11(2)23-17(22)14-10-12(18)7-8-15(14)19/h7-8,10-11,13H,3-6,9H2,1-2H3. The highest BCUT2D eigenvalue weighted by Crippen LogP contribution is 2.22. The third-order valence-corrected chi connectivity index (χ3v) is 4.65. The SMILES string of the molecule is CCC1CCCCN1C(=O)C(C)OC(=O)c1cc(Br)ccc1F. The quantitative estimate of drug-likeness (QED) is 0.737. The summed E-state index contributed by atoms with van der Waals surface area (Å²) in [6.45, 7) is 4.27. The molecule has 1 aromatic carbocycles. The van der Waals surface area contributed by atoms with Crippen molar-refractivity contribution in [1.29, 1.82) is 0 Å². The van der Waals surface area contributed by atoms with Crippen molar-refractivity contribution in [3.8, 4) is 0 Å². The van der Waals surface area contributed by atoms with Crippen LogP contribution in [0.3, 0.4) is 0 Å². The van der Waals surface area contributed by atoms with E-state index in [1.165, 1.54) is 25.1 Å². The molecule has 1 heterocycles. The van der Waals surface area contributed by atoms with E-state index in [1.807, 2.05) is 6.92 Å². The number of rotatable bonds is 4. The lowest BCUT2D eigenvalue weighted by atomic mass is 9.99. The number of benzene rings is 1. The number of piperidine rings is 1. The van der Waals surface area contributed by atoms with Gasteiger partial charge in [-0.2, -0.15) is 0 Å². The molecule has 1 fully saturated rings. The van der Waals surface area contributed by atoms with Crippen molar-refractivity contribution in [2.24, 2.45) is 0 Å². The number of hydrogen-bond acceptors (Lipinski definition) is 3. The van der Waals surface area contributed by atoms with E-state index in [-0.39, 0.29) is 17.5 Å².